The molecule has 0 bridgehead atoms. The molecule has 0 unspecified atom stereocenters. The van der Waals surface area contributed by atoms with Crippen LogP contribution in [0.2, 0.25) is 0 Å². The first-order valence-electron chi connectivity index (χ1n) is 7.58. The van der Waals surface area contributed by atoms with E-state index in [-0.39, 0.29) is 5.91 Å². The van der Waals surface area contributed by atoms with Crippen LogP contribution in [0.3, 0.4) is 0 Å². The predicted octanol–water partition coefficient (Wildman–Crippen LogP) is 2.65. The lowest BCUT2D eigenvalue weighted by molar-refractivity contribution is -0.113. The molecule has 1 aliphatic heterocycles. The standard InChI is InChI=1S/C17H19N3O2S/c21-17(13-23-15-4-2-1-3-5-15)19-16-7-6-14(12-18-16)20-8-10-22-11-9-20/h1-7,12H,8-11,13H2,(H,18,19,21). The number of pyridine rings is 1. The highest BCUT2D eigenvalue weighted by Gasteiger charge is 2.11. The van der Waals surface area contributed by atoms with Gasteiger partial charge >= 0.3 is 0 Å². The van der Waals surface area contributed by atoms with Crippen LogP contribution in [-0.2, 0) is 9.53 Å². The van der Waals surface area contributed by atoms with Crippen LogP contribution in [0.15, 0.2) is 53.6 Å². The lowest BCUT2D eigenvalue weighted by Gasteiger charge is -2.28. The number of amides is 1. The Kier molecular flexibility index (Phi) is 5.50. The second kappa shape index (κ2) is 7.99. The van der Waals surface area contributed by atoms with Crippen molar-refractivity contribution < 1.29 is 9.53 Å². The van der Waals surface area contributed by atoms with Crippen LogP contribution < -0.4 is 10.2 Å². The summed E-state index contributed by atoms with van der Waals surface area (Å²) in [6.45, 7) is 3.24. The zero-order chi connectivity index (χ0) is 15.9. The van der Waals surface area contributed by atoms with Gasteiger partial charge in [0.1, 0.15) is 5.82 Å². The third-order valence-corrected chi connectivity index (χ3v) is 4.52. The maximum absolute atomic E-state index is 12.0. The molecule has 0 aliphatic carbocycles. The van der Waals surface area contributed by atoms with Crippen molar-refractivity contribution >= 4 is 29.2 Å². The van der Waals surface area contributed by atoms with E-state index in [1.165, 1.54) is 11.8 Å². The number of thioether (sulfide) groups is 1. The quantitative estimate of drug-likeness (QED) is 0.855. The average Bonchev–Trinajstić information content (AvgIpc) is 2.62. The van der Waals surface area contributed by atoms with E-state index in [1.807, 2.05) is 42.5 Å². The van der Waals surface area contributed by atoms with Gasteiger partial charge in [0.15, 0.2) is 0 Å². The third-order valence-electron chi connectivity index (χ3n) is 3.50. The van der Waals surface area contributed by atoms with Crippen LogP contribution in [0.4, 0.5) is 11.5 Å². The summed E-state index contributed by atoms with van der Waals surface area (Å²) in [7, 11) is 0. The van der Waals surface area contributed by atoms with Gasteiger partial charge in [-0.3, -0.25) is 4.79 Å². The molecule has 1 amide bonds. The summed E-state index contributed by atoms with van der Waals surface area (Å²) in [5.41, 5.74) is 1.06. The number of nitrogens with zero attached hydrogens (tertiary/aromatic N) is 2. The summed E-state index contributed by atoms with van der Waals surface area (Å²) in [6.07, 6.45) is 1.80. The van der Waals surface area contributed by atoms with E-state index < -0.39 is 0 Å². The molecule has 1 aromatic carbocycles. The van der Waals surface area contributed by atoms with Crippen LogP contribution in [0.5, 0.6) is 0 Å². The SMILES string of the molecule is O=C(CSc1ccccc1)Nc1ccc(N2CCOCC2)cn1. The predicted molar refractivity (Wildman–Crippen MR) is 93.1 cm³/mol. The maximum atomic E-state index is 12.0. The minimum Gasteiger partial charge on any atom is -0.378 e. The van der Waals surface area contributed by atoms with Crippen molar-refractivity contribution in [2.45, 2.75) is 4.90 Å². The Morgan fingerprint density at radius 1 is 1.17 bits per heavy atom. The van der Waals surface area contributed by atoms with Crippen LogP contribution in [0.1, 0.15) is 0 Å². The van der Waals surface area contributed by atoms with E-state index in [0.717, 1.165) is 36.9 Å². The lowest BCUT2D eigenvalue weighted by atomic mass is 10.3. The highest BCUT2D eigenvalue weighted by molar-refractivity contribution is 8.00. The van der Waals surface area contributed by atoms with Crippen molar-refractivity contribution in [1.82, 2.24) is 4.98 Å². The van der Waals surface area contributed by atoms with Crippen molar-refractivity contribution in [2.24, 2.45) is 0 Å². The Bertz CT molecular complexity index is 628. The summed E-state index contributed by atoms with van der Waals surface area (Å²) < 4.78 is 5.34. The summed E-state index contributed by atoms with van der Waals surface area (Å²) in [5.74, 6) is 0.905. The summed E-state index contributed by atoms with van der Waals surface area (Å²) >= 11 is 1.51. The zero-order valence-corrected chi connectivity index (χ0v) is 13.6. The van der Waals surface area contributed by atoms with Crippen molar-refractivity contribution in [1.29, 1.82) is 0 Å². The number of hydrogen-bond acceptors (Lipinski definition) is 5. The fourth-order valence-electron chi connectivity index (χ4n) is 2.31. The highest BCUT2D eigenvalue weighted by atomic mass is 32.2. The van der Waals surface area contributed by atoms with Crippen molar-refractivity contribution in [2.75, 3.05) is 42.3 Å². The number of benzene rings is 1. The molecule has 120 valence electrons. The van der Waals surface area contributed by atoms with Crippen molar-refractivity contribution in [3.05, 3.63) is 48.7 Å². The molecule has 23 heavy (non-hydrogen) atoms. The van der Waals surface area contributed by atoms with Crippen molar-refractivity contribution in [3.63, 3.8) is 0 Å². The van der Waals surface area contributed by atoms with E-state index in [2.05, 4.69) is 15.2 Å². The van der Waals surface area contributed by atoms with E-state index in [9.17, 15) is 4.79 Å². The van der Waals surface area contributed by atoms with Gasteiger partial charge in [0.2, 0.25) is 5.91 Å². The Morgan fingerprint density at radius 2 is 1.96 bits per heavy atom. The molecule has 1 saturated heterocycles. The first-order chi connectivity index (χ1) is 11.3. The topological polar surface area (TPSA) is 54.5 Å². The Labute approximate surface area is 140 Å². The molecule has 0 spiro atoms. The van der Waals surface area contributed by atoms with Crippen LogP contribution in [0.25, 0.3) is 0 Å². The first-order valence-corrected chi connectivity index (χ1v) is 8.56. The molecule has 1 aromatic heterocycles. The van der Waals surface area contributed by atoms with Gasteiger partial charge in [-0.05, 0) is 24.3 Å². The second-order valence-corrected chi connectivity index (χ2v) is 6.20. The van der Waals surface area contributed by atoms with Gasteiger partial charge in [-0.1, -0.05) is 18.2 Å². The molecule has 0 saturated carbocycles. The maximum Gasteiger partial charge on any atom is 0.235 e. The number of aromatic nitrogens is 1. The third kappa shape index (κ3) is 4.71. The minimum atomic E-state index is -0.0505. The molecule has 3 rings (SSSR count). The zero-order valence-electron chi connectivity index (χ0n) is 12.8. The molecule has 1 N–H and O–H groups in total. The molecular weight excluding hydrogens is 310 g/mol. The number of carbonyl (C=O) groups excluding carboxylic acids is 1. The fourth-order valence-corrected chi connectivity index (χ4v) is 3.03. The Balaban J connectivity index is 1.50. The van der Waals surface area contributed by atoms with Gasteiger partial charge in [-0.25, -0.2) is 4.98 Å². The number of hydrogen-bond donors (Lipinski definition) is 1. The van der Waals surface area contributed by atoms with Crippen molar-refractivity contribution in [3.8, 4) is 0 Å². The molecule has 1 aliphatic rings. The smallest absolute Gasteiger partial charge is 0.235 e. The molecule has 6 heteroatoms. The Morgan fingerprint density at radius 3 is 2.65 bits per heavy atom. The van der Waals surface area contributed by atoms with Gasteiger partial charge in [-0.2, -0.15) is 0 Å². The summed E-state index contributed by atoms with van der Waals surface area (Å²) in [6, 6.07) is 13.7. The molecular formula is C17H19N3O2S. The number of anilines is 2. The van der Waals surface area contributed by atoms with Crippen LogP contribution in [-0.4, -0.2) is 42.9 Å². The van der Waals surface area contributed by atoms with Gasteiger partial charge in [0.25, 0.3) is 0 Å². The average molecular weight is 329 g/mol. The molecule has 5 nitrogen and oxygen atoms in total. The molecule has 2 heterocycles. The highest BCUT2D eigenvalue weighted by Crippen LogP contribution is 2.18. The summed E-state index contributed by atoms with van der Waals surface area (Å²) in [4.78, 5) is 19.6. The number of carbonyl (C=O) groups is 1. The number of morpholine rings is 1. The number of ether oxygens (including phenoxy) is 1. The van der Waals surface area contributed by atoms with Gasteiger partial charge in [0.05, 0.1) is 30.9 Å². The van der Waals surface area contributed by atoms with E-state index in [0.29, 0.717) is 11.6 Å². The first kappa shape index (κ1) is 15.8. The molecule has 0 radical (unpaired) electrons. The largest absolute Gasteiger partial charge is 0.378 e. The second-order valence-electron chi connectivity index (χ2n) is 5.15. The van der Waals surface area contributed by atoms with E-state index in [4.69, 9.17) is 4.74 Å². The fraction of sp³-hybridized carbons (Fsp3) is 0.294. The number of nitrogens with one attached hydrogen (secondary N) is 1. The van der Waals surface area contributed by atoms with Gasteiger partial charge < -0.3 is 15.0 Å². The molecule has 2 aromatic rings. The van der Waals surface area contributed by atoms with E-state index in [1.54, 1.807) is 6.20 Å². The molecule has 0 atom stereocenters. The molecule has 1 fully saturated rings. The van der Waals surface area contributed by atoms with Gasteiger partial charge in [0, 0.05) is 18.0 Å². The van der Waals surface area contributed by atoms with Gasteiger partial charge in [-0.15, -0.1) is 11.8 Å². The lowest BCUT2D eigenvalue weighted by Crippen LogP contribution is -2.36. The summed E-state index contributed by atoms with van der Waals surface area (Å²) in [5, 5.41) is 2.83. The number of rotatable bonds is 5. The van der Waals surface area contributed by atoms with E-state index >= 15 is 0 Å². The normalized spacial score (nSPS) is 14.5. The monoisotopic (exact) mass is 329 g/mol. The van der Waals surface area contributed by atoms with Crippen LogP contribution in [0, 0.1) is 0 Å². The Hall–Kier alpha value is -2.05. The minimum absolute atomic E-state index is 0.0505. The van der Waals surface area contributed by atoms with Crippen LogP contribution >= 0.6 is 11.8 Å².